The van der Waals surface area contributed by atoms with Crippen molar-refractivity contribution in [1.29, 1.82) is 5.26 Å². The fourth-order valence-electron chi connectivity index (χ4n) is 3.15. The summed E-state index contributed by atoms with van der Waals surface area (Å²) in [5.74, 6) is 0.821. The Labute approximate surface area is 117 Å². The molecule has 2 nitrogen and oxygen atoms in total. The molecule has 1 fully saturated rings. The summed E-state index contributed by atoms with van der Waals surface area (Å²) in [5.41, 5.74) is 1.14. The zero-order chi connectivity index (χ0) is 13.7. The summed E-state index contributed by atoms with van der Waals surface area (Å²) in [5, 5.41) is 9.40. The molecule has 0 radical (unpaired) electrons. The van der Waals surface area contributed by atoms with E-state index in [1.165, 1.54) is 25.7 Å². The van der Waals surface area contributed by atoms with Gasteiger partial charge < -0.3 is 4.90 Å². The van der Waals surface area contributed by atoms with Gasteiger partial charge in [0, 0.05) is 12.6 Å². The third-order valence-corrected chi connectivity index (χ3v) is 4.36. The Morgan fingerprint density at radius 1 is 1.32 bits per heavy atom. The summed E-state index contributed by atoms with van der Waals surface area (Å²) in [7, 11) is 2.18. The van der Waals surface area contributed by atoms with Crippen molar-refractivity contribution in [2.24, 2.45) is 5.92 Å². The topological polar surface area (TPSA) is 27.0 Å². The third-order valence-electron chi connectivity index (χ3n) is 4.36. The molecular weight excluding hydrogens is 232 g/mol. The van der Waals surface area contributed by atoms with E-state index in [-0.39, 0.29) is 5.92 Å². The van der Waals surface area contributed by atoms with Gasteiger partial charge in [0.1, 0.15) is 0 Å². The highest BCUT2D eigenvalue weighted by Gasteiger charge is 2.24. The van der Waals surface area contributed by atoms with Gasteiger partial charge in [0.15, 0.2) is 0 Å². The molecule has 0 spiro atoms. The largest absolute Gasteiger partial charge is 0.302 e. The van der Waals surface area contributed by atoms with Crippen LogP contribution in [0.15, 0.2) is 30.3 Å². The molecule has 0 aromatic heterocycles. The maximum Gasteiger partial charge on any atom is 0.0839 e. The van der Waals surface area contributed by atoms with E-state index in [4.69, 9.17) is 0 Å². The predicted octanol–water partition coefficient (Wildman–Crippen LogP) is 3.80. The maximum absolute atomic E-state index is 9.40. The molecule has 0 amide bonds. The lowest BCUT2D eigenvalue weighted by atomic mass is 9.86. The maximum atomic E-state index is 9.40. The molecule has 0 heterocycles. The lowest BCUT2D eigenvalue weighted by Crippen LogP contribution is -2.37. The molecule has 0 aliphatic heterocycles. The van der Waals surface area contributed by atoms with E-state index >= 15 is 0 Å². The quantitative estimate of drug-likeness (QED) is 0.819. The zero-order valence-corrected chi connectivity index (χ0v) is 12.0. The number of nitrogens with zero attached hydrogens (tertiary/aromatic N) is 2. The monoisotopic (exact) mass is 256 g/mol. The molecule has 1 aliphatic carbocycles. The molecule has 1 saturated carbocycles. The first-order valence-electron chi connectivity index (χ1n) is 7.35. The summed E-state index contributed by atoms with van der Waals surface area (Å²) >= 11 is 0. The Balaban J connectivity index is 1.97. The first kappa shape index (κ1) is 14.1. The molecule has 2 rings (SSSR count). The van der Waals surface area contributed by atoms with Crippen molar-refractivity contribution in [2.75, 3.05) is 13.6 Å². The lowest BCUT2D eigenvalue weighted by Gasteiger charge is -2.35. The van der Waals surface area contributed by atoms with Crippen molar-refractivity contribution in [2.45, 2.75) is 44.6 Å². The Hall–Kier alpha value is -1.33. The van der Waals surface area contributed by atoms with Gasteiger partial charge in [0.2, 0.25) is 0 Å². The van der Waals surface area contributed by atoms with Crippen LogP contribution in [0.4, 0.5) is 0 Å². The van der Waals surface area contributed by atoms with Crippen molar-refractivity contribution in [3.8, 4) is 6.07 Å². The van der Waals surface area contributed by atoms with Crippen molar-refractivity contribution < 1.29 is 0 Å². The molecule has 3 atom stereocenters. The fourth-order valence-corrected chi connectivity index (χ4v) is 3.15. The van der Waals surface area contributed by atoms with Crippen molar-refractivity contribution in [3.63, 3.8) is 0 Å². The van der Waals surface area contributed by atoms with Crippen LogP contribution in [0.5, 0.6) is 0 Å². The summed E-state index contributed by atoms with van der Waals surface area (Å²) in [6, 6.07) is 13.3. The molecule has 1 aliphatic rings. The van der Waals surface area contributed by atoms with Crippen molar-refractivity contribution >= 4 is 0 Å². The number of likely N-dealkylation sites (N-methyl/N-ethyl adjacent to an activating group) is 1. The lowest BCUT2D eigenvalue weighted by molar-refractivity contribution is 0.162. The van der Waals surface area contributed by atoms with Crippen LogP contribution in [-0.4, -0.2) is 24.5 Å². The number of hydrogen-bond donors (Lipinski definition) is 0. The van der Waals surface area contributed by atoms with Gasteiger partial charge >= 0.3 is 0 Å². The summed E-state index contributed by atoms with van der Waals surface area (Å²) in [6.07, 6.45) is 5.26. The normalized spacial score (nSPS) is 24.9. The second-order valence-corrected chi connectivity index (χ2v) is 5.96. The molecule has 19 heavy (non-hydrogen) atoms. The second kappa shape index (κ2) is 6.73. The van der Waals surface area contributed by atoms with Gasteiger partial charge in [0.05, 0.1) is 12.0 Å². The first-order valence-corrected chi connectivity index (χ1v) is 7.35. The van der Waals surface area contributed by atoms with Crippen LogP contribution in [0.1, 0.15) is 44.1 Å². The summed E-state index contributed by atoms with van der Waals surface area (Å²) in [6.45, 7) is 3.19. The van der Waals surface area contributed by atoms with Crippen LogP contribution in [0, 0.1) is 17.2 Å². The SMILES string of the molecule is CC1CCCC(N(C)CC(C#N)c2ccccc2)C1. The van der Waals surface area contributed by atoms with Crippen LogP contribution in [0.3, 0.4) is 0 Å². The molecule has 1 aromatic rings. The van der Waals surface area contributed by atoms with Gasteiger partial charge in [-0.1, -0.05) is 50.1 Å². The second-order valence-electron chi connectivity index (χ2n) is 5.96. The van der Waals surface area contributed by atoms with Gasteiger partial charge in [0.25, 0.3) is 0 Å². The average Bonchev–Trinajstić information content (AvgIpc) is 2.45. The van der Waals surface area contributed by atoms with Crippen LogP contribution in [0.2, 0.25) is 0 Å². The van der Waals surface area contributed by atoms with Gasteiger partial charge in [-0.3, -0.25) is 0 Å². The highest BCUT2D eigenvalue weighted by atomic mass is 15.1. The average molecular weight is 256 g/mol. The number of rotatable bonds is 4. The third kappa shape index (κ3) is 3.81. The van der Waals surface area contributed by atoms with E-state index in [0.717, 1.165) is 18.0 Å². The van der Waals surface area contributed by atoms with Crippen LogP contribution < -0.4 is 0 Å². The Morgan fingerprint density at radius 2 is 2.05 bits per heavy atom. The van der Waals surface area contributed by atoms with E-state index in [0.29, 0.717) is 6.04 Å². The molecular formula is C17H24N2. The number of benzene rings is 1. The summed E-state index contributed by atoms with van der Waals surface area (Å²) < 4.78 is 0. The predicted molar refractivity (Wildman–Crippen MR) is 78.8 cm³/mol. The van der Waals surface area contributed by atoms with Crippen LogP contribution in [-0.2, 0) is 0 Å². The fraction of sp³-hybridized carbons (Fsp3) is 0.588. The van der Waals surface area contributed by atoms with Crippen molar-refractivity contribution in [1.82, 2.24) is 4.90 Å². The Kier molecular flexibility index (Phi) is 4.99. The highest BCUT2D eigenvalue weighted by molar-refractivity contribution is 5.25. The van der Waals surface area contributed by atoms with Crippen molar-refractivity contribution in [3.05, 3.63) is 35.9 Å². The van der Waals surface area contributed by atoms with E-state index in [2.05, 4.69) is 37.1 Å². The summed E-state index contributed by atoms with van der Waals surface area (Å²) in [4.78, 5) is 2.40. The first-order chi connectivity index (χ1) is 9.20. The zero-order valence-electron chi connectivity index (χ0n) is 12.0. The molecule has 1 aromatic carbocycles. The highest BCUT2D eigenvalue weighted by Crippen LogP contribution is 2.28. The van der Waals surface area contributed by atoms with E-state index < -0.39 is 0 Å². The van der Waals surface area contributed by atoms with Crippen LogP contribution >= 0.6 is 0 Å². The minimum Gasteiger partial charge on any atom is -0.302 e. The Bertz CT molecular complexity index is 421. The van der Waals surface area contributed by atoms with E-state index in [1.54, 1.807) is 0 Å². The minimum absolute atomic E-state index is 0.0107. The van der Waals surface area contributed by atoms with Gasteiger partial charge in [-0.15, -0.1) is 0 Å². The standard InChI is InChI=1S/C17H24N2/c1-14-7-6-10-17(11-14)19(2)13-16(12-18)15-8-4-3-5-9-15/h3-5,8-9,14,16-17H,6-7,10-11,13H2,1-2H3. The van der Waals surface area contributed by atoms with E-state index in [1.807, 2.05) is 18.2 Å². The molecule has 3 unspecified atom stereocenters. The molecule has 0 N–H and O–H groups in total. The van der Waals surface area contributed by atoms with Gasteiger partial charge in [-0.05, 0) is 31.4 Å². The van der Waals surface area contributed by atoms with Gasteiger partial charge in [-0.25, -0.2) is 0 Å². The van der Waals surface area contributed by atoms with Gasteiger partial charge in [-0.2, -0.15) is 5.26 Å². The van der Waals surface area contributed by atoms with Crippen LogP contribution in [0.25, 0.3) is 0 Å². The Morgan fingerprint density at radius 3 is 2.68 bits per heavy atom. The molecule has 102 valence electrons. The molecule has 0 saturated heterocycles. The number of hydrogen-bond acceptors (Lipinski definition) is 2. The minimum atomic E-state index is -0.0107. The molecule has 0 bridgehead atoms. The molecule has 2 heteroatoms. The smallest absolute Gasteiger partial charge is 0.0839 e. The van der Waals surface area contributed by atoms with E-state index in [9.17, 15) is 5.26 Å². The number of nitriles is 1.